The van der Waals surface area contributed by atoms with Crippen molar-refractivity contribution in [3.05, 3.63) is 35.4 Å². The first-order chi connectivity index (χ1) is 10.4. The summed E-state index contributed by atoms with van der Waals surface area (Å²) in [7, 11) is 0. The normalized spacial score (nSPS) is 10.7. The van der Waals surface area contributed by atoms with Crippen molar-refractivity contribution in [3.63, 3.8) is 0 Å². The Morgan fingerprint density at radius 2 is 1.38 bits per heavy atom. The fourth-order valence-electron chi connectivity index (χ4n) is 2.82. The van der Waals surface area contributed by atoms with Crippen LogP contribution in [0.2, 0.25) is 0 Å². The van der Waals surface area contributed by atoms with Gasteiger partial charge in [0.2, 0.25) is 0 Å². The lowest BCUT2D eigenvalue weighted by atomic mass is 10.0. The van der Waals surface area contributed by atoms with Crippen molar-refractivity contribution in [1.29, 1.82) is 0 Å². The van der Waals surface area contributed by atoms with Gasteiger partial charge in [0, 0.05) is 5.37 Å². The first-order valence-corrected chi connectivity index (χ1v) is 9.38. The molecule has 1 aromatic carbocycles. The van der Waals surface area contributed by atoms with E-state index >= 15 is 0 Å². The van der Waals surface area contributed by atoms with Crippen LogP contribution in [0, 0.1) is 0 Å². The van der Waals surface area contributed by atoms with E-state index in [2.05, 4.69) is 31.2 Å². The number of benzene rings is 1. The molecule has 0 saturated heterocycles. The number of thiocarbonyl (C=S) groups is 1. The minimum absolute atomic E-state index is 1.17. The van der Waals surface area contributed by atoms with Gasteiger partial charge in [-0.1, -0.05) is 108 Å². The third-order valence-corrected chi connectivity index (χ3v) is 4.43. The monoisotopic (exact) mass is 304 g/mol. The van der Waals surface area contributed by atoms with Crippen LogP contribution < -0.4 is 0 Å². The molecule has 0 aliphatic carbocycles. The molecule has 1 aromatic rings. The quantitative estimate of drug-likeness (QED) is 0.282. The van der Waals surface area contributed by atoms with Crippen LogP contribution in [0.4, 0.5) is 0 Å². The predicted molar refractivity (Wildman–Crippen MR) is 99.4 cm³/mol. The van der Waals surface area contributed by atoms with Crippen LogP contribution in [-0.2, 0) is 6.42 Å². The maximum atomic E-state index is 4.98. The molecule has 0 atom stereocenters. The van der Waals surface area contributed by atoms with Gasteiger partial charge in [-0.25, -0.2) is 0 Å². The van der Waals surface area contributed by atoms with Gasteiger partial charge in [0.05, 0.1) is 0 Å². The number of hydrogen-bond donors (Lipinski definition) is 0. The van der Waals surface area contributed by atoms with Crippen LogP contribution in [-0.4, -0.2) is 5.37 Å². The third kappa shape index (κ3) is 9.79. The van der Waals surface area contributed by atoms with E-state index in [0.29, 0.717) is 0 Å². The molecule has 0 amide bonds. The highest BCUT2D eigenvalue weighted by Gasteiger charge is 1.96. The zero-order valence-corrected chi connectivity index (χ0v) is 14.6. The van der Waals surface area contributed by atoms with E-state index in [-0.39, 0.29) is 0 Å². The van der Waals surface area contributed by atoms with Crippen LogP contribution in [0.1, 0.15) is 88.7 Å². The summed E-state index contributed by atoms with van der Waals surface area (Å²) in [5, 5.41) is 1.77. The molecule has 0 bridgehead atoms. The number of aryl methyl sites for hydroxylation is 1. The van der Waals surface area contributed by atoms with Gasteiger partial charge in [-0.2, -0.15) is 0 Å². The lowest BCUT2D eigenvalue weighted by Crippen LogP contribution is -1.88. The van der Waals surface area contributed by atoms with Crippen molar-refractivity contribution < 1.29 is 0 Å². The Bertz CT molecular complexity index is 370. The second kappa shape index (κ2) is 13.0. The van der Waals surface area contributed by atoms with Crippen molar-refractivity contribution >= 4 is 17.6 Å². The predicted octanol–water partition coefficient (Wildman–Crippen LogP) is 6.89. The molecule has 0 fully saturated rings. The third-order valence-electron chi connectivity index (χ3n) is 4.16. The molecule has 0 saturated carbocycles. The molecule has 0 heterocycles. The summed E-state index contributed by atoms with van der Waals surface area (Å²) in [5.41, 5.74) is 2.61. The molecule has 0 N–H and O–H groups in total. The van der Waals surface area contributed by atoms with Crippen LogP contribution in [0.15, 0.2) is 24.3 Å². The minimum atomic E-state index is 1.17. The van der Waals surface area contributed by atoms with E-state index in [4.69, 9.17) is 12.2 Å². The van der Waals surface area contributed by atoms with E-state index in [1.54, 1.807) is 5.37 Å². The minimum Gasteiger partial charge on any atom is -0.0881 e. The average molecular weight is 305 g/mol. The molecule has 1 heteroatoms. The van der Waals surface area contributed by atoms with Gasteiger partial charge in [0.1, 0.15) is 0 Å². The zero-order valence-electron chi connectivity index (χ0n) is 13.8. The summed E-state index contributed by atoms with van der Waals surface area (Å²) in [6.45, 7) is 2.28. The van der Waals surface area contributed by atoms with Gasteiger partial charge in [0.15, 0.2) is 0 Å². The first kappa shape index (κ1) is 18.4. The Kier molecular flexibility index (Phi) is 11.4. The maximum Gasteiger partial charge on any atom is 0.00862 e. The number of hydrogen-bond acceptors (Lipinski definition) is 1. The summed E-state index contributed by atoms with van der Waals surface area (Å²) < 4.78 is 0. The van der Waals surface area contributed by atoms with Gasteiger partial charge in [-0.05, 0) is 24.0 Å². The topological polar surface area (TPSA) is 0 Å². The Balaban J connectivity index is 1.91. The molecule has 0 aromatic heterocycles. The lowest BCUT2D eigenvalue weighted by Gasteiger charge is -2.04. The van der Waals surface area contributed by atoms with Crippen LogP contribution in [0.5, 0.6) is 0 Å². The SMILES string of the molecule is CCCCCCCCCCCCCc1cccc(C=S)c1. The van der Waals surface area contributed by atoms with E-state index in [0.717, 1.165) is 0 Å². The molecule has 118 valence electrons. The summed E-state index contributed by atoms with van der Waals surface area (Å²) >= 11 is 4.98. The van der Waals surface area contributed by atoms with Crippen molar-refractivity contribution in [2.24, 2.45) is 0 Å². The summed E-state index contributed by atoms with van der Waals surface area (Å²) in [6, 6.07) is 8.64. The van der Waals surface area contributed by atoms with E-state index in [1.807, 2.05) is 0 Å². The van der Waals surface area contributed by atoms with E-state index in [9.17, 15) is 0 Å². The van der Waals surface area contributed by atoms with Gasteiger partial charge in [-0.15, -0.1) is 0 Å². The van der Waals surface area contributed by atoms with Crippen molar-refractivity contribution in [2.45, 2.75) is 84.0 Å². The van der Waals surface area contributed by atoms with Gasteiger partial charge < -0.3 is 0 Å². The fourth-order valence-corrected chi connectivity index (χ4v) is 2.96. The Labute approximate surface area is 137 Å². The van der Waals surface area contributed by atoms with Gasteiger partial charge >= 0.3 is 0 Å². The summed E-state index contributed by atoms with van der Waals surface area (Å²) in [5.74, 6) is 0. The Hall–Kier alpha value is -0.690. The fraction of sp³-hybridized carbons (Fsp3) is 0.650. The Morgan fingerprint density at radius 3 is 1.95 bits per heavy atom. The molecular weight excluding hydrogens is 272 g/mol. The lowest BCUT2D eigenvalue weighted by molar-refractivity contribution is 0.549. The second-order valence-corrected chi connectivity index (χ2v) is 6.38. The highest BCUT2D eigenvalue weighted by molar-refractivity contribution is 7.79. The molecule has 21 heavy (non-hydrogen) atoms. The standard InChI is InChI=1S/C20H32S/c1-2-3-4-5-6-7-8-9-10-11-12-14-19-15-13-16-20(17-19)18-21/h13,15-18H,2-12,14H2,1H3. The van der Waals surface area contributed by atoms with Crippen molar-refractivity contribution in [1.82, 2.24) is 0 Å². The highest BCUT2D eigenvalue weighted by atomic mass is 32.1. The molecule has 0 aliphatic heterocycles. The highest BCUT2D eigenvalue weighted by Crippen LogP contribution is 2.13. The number of unbranched alkanes of at least 4 members (excludes halogenated alkanes) is 10. The van der Waals surface area contributed by atoms with Crippen LogP contribution in [0.3, 0.4) is 0 Å². The Morgan fingerprint density at radius 1 is 0.810 bits per heavy atom. The van der Waals surface area contributed by atoms with Crippen LogP contribution in [0.25, 0.3) is 0 Å². The number of rotatable bonds is 13. The molecule has 0 unspecified atom stereocenters. The maximum absolute atomic E-state index is 4.98. The van der Waals surface area contributed by atoms with E-state index in [1.165, 1.54) is 88.2 Å². The average Bonchev–Trinajstić information content (AvgIpc) is 2.53. The molecule has 0 spiro atoms. The first-order valence-electron chi connectivity index (χ1n) is 8.91. The molecule has 0 radical (unpaired) electrons. The van der Waals surface area contributed by atoms with E-state index < -0.39 is 0 Å². The zero-order chi connectivity index (χ0) is 15.2. The van der Waals surface area contributed by atoms with Crippen molar-refractivity contribution in [3.8, 4) is 0 Å². The smallest absolute Gasteiger partial charge is 0.00862 e. The van der Waals surface area contributed by atoms with Crippen molar-refractivity contribution in [2.75, 3.05) is 0 Å². The molecule has 1 rings (SSSR count). The molecule has 0 aliphatic rings. The van der Waals surface area contributed by atoms with Gasteiger partial charge in [0.25, 0.3) is 0 Å². The summed E-state index contributed by atoms with van der Waals surface area (Å²) in [6.07, 6.45) is 16.7. The van der Waals surface area contributed by atoms with Crippen LogP contribution >= 0.6 is 12.2 Å². The largest absolute Gasteiger partial charge is 0.0881 e. The summed E-state index contributed by atoms with van der Waals surface area (Å²) in [4.78, 5) is 0. The van der Waals surface area contributed by atoms with Gasteiger partial charge in [-0.3, -0.25) is 0 Å². The molecular formula is C20H32S. The second-order valence-electron chi connectivity index (χ2n) is 6.15. The molecule has 0 nitrogen and oxygen atoms in total.